The standard InChI is InChI=1S/C36H34N2/c1-28-16-22-34(23-17-28)38(33-14-8-9-15-33)36-26-20-30(21-27-36)29-18-24-35(25-19-29)37(31-10-4-2-5-11-31)32-12-6-3-7-13-32/h2-7,10-13,16-27,33H,8-9,14-15H2,1H3. The highest BCUT2D eigenvalue weighted by Crippen LogP contribution is 2.38. The van der Waals surface area contributed by atoms with Gasteiger partial charge in [-0.25, -0.2) is 0 Å². The van der Waals surface area contributed by atoms with Gasteiger partial charge in [-0.3, -0.25) is 0 Å². The van der Waals surface area contributed by atoms with E-state index >= 15 is 0 Å². The van der Waals surface area contributed by atoms with E-state index in [0.717, 1.165) is 17.1 Å². The molecule has 38 heavy (non-hydrogen) atoms. The van der Waals surface area contributed by atoms with E-state index in [4.69, 9.17) is 0 Å². The summed E-state index contributed by atoms with van der Waals surface area (Å²) in [6.45, 7) is 2.16. The molecule has 0 aromatic heterocycles. The molecule has 0 amide bonds. The highest BCUT2D eigenvalue weighted by Gasteiger charge is 2.24. The van der Waals surface area contributed by atoms with Crippen LogP contribution >= 0.6 is 0 Å². The molecule has 1 aliphatic rings. The molecule has 1 saturated carbocycles. The number of hydrogen-bond acceptors (Lipinski definition) is 2. The Bertz CT molecular complexity index is 1400. The second kappa shape index (κ2) is 11.0. The third-order valence-electron chi connectivity index (χ3n) is 7.64. The summed E-state index contributed by atoms with van der Waals surface area (Å²) < 4.78 is 0. The lowest BCUT2D eigenvalue weighted by Crippen LogP contribution is -2.28. The third kappa shape index (κ3) is 5.08. The summed E-state index contributed by atoms with van der Waals surface area (Å²) >= 11 is 0. The van der Waals surface area contributed by atoms with Gasteiger partial charge in [-0.1, -0.05) is 91.2 Å². The molecule has 2 heteroatoms. The summed E-state index contributed by atoms with van der Waals surface area (Å²) in [5, 5.41) is 0. The number of anilines is 5. The highest BCUT2D eigenvalue weighted by atomic mass is 15.2. The van der Waals surface area contributed by atoms with Crippen LogP contribution in [-0.2, 0) is 0 Å². The zero-order valence-electron chi connectivity index (χ0n) is 22.0. The predicted molar refractivity (Wildman–Crippen MR) is 162 cm³/mol. The van der Waals surface area contributed by atoms with E-state index in [2.05, 4.69) is 150 Å². The van der Waals surface area contributed by atoms with Crippen LogP contribution in [0.1, 0.15) is 31.2 Å². The summed E-state index contributed by atoms with van der Waals surface area (Å²) in [7, 11) is 0. The van der Waals surface area contributed by atoms with E-state index in [-0.39, 0.29) is 0 Å². The highest BCUT2D eigenvalue weighted by molar-refractivity contribution is 5.78. The summed E-state index contributed by atoms with van der Waals surface area (Å²) in [6.07, 6.45) is 5.16. The fourth-order valence-electron chi connectivity index (χ4n) is 5.66. The van der Waals surface area contributed by atoms with Gasteiger partial charge in [-0.05, 0) is 91.6 Å². The van der Waals surface area contributed by atoms with Crippen molar-refractivity contribution in [1.82, 2.24) is 0 Å². The largest absolute Gasteiger partial charge is 0.338 e. The Hall–Kier alpha value is -4.30. The lowest BCUT2D eigenvalue weighted by molar-refractivity contribution is 0.677. The first-order valence-corrected chi connectivity index (χ1v) is 13.7. The van der Waals surface area contributed by atoms with E-state index in [9.17, 15) is 0 Å². The monoisotopic (exact) mass is 494 g/mol. The Labute approximate surface area is 226 Å². The van der Waals surface area contributed by atoms with Crippen LogP contribution in [0.25, 0.3) is 11.1 Å². The average Bonchev–Trinajstić information content (AvgIpc) is 3.51. The van der Waals surface area contributed by atoms with Gasteiger partial charge in [0.15, 0.2) is 0 Å². The minimum atomic E-state index is 0.574. The maximum atomic E-state index is 2.55. The number of benzene rings is 5. The number of para-hydroxylation sites is 2. The molecular formula is C36H34N2. The molecule has 0 atom stereocenters. The Balaban J connectivity index is 1.28. The van der Waals surface area contributed by atoms with Crippen LogP contribution in [0.4, 0.5) is 28.4 Å². The van der Waals surface area contributed by atoms with Gasteiger partial charge < -0.3 is 9.80 Å². The molecule has 6 rings (SSSR count). The SMILES string of the molecule is Cc1ccc(N(c2ccc(-c3ccc(N(c4ccccc4)c4ccccc4)cc3)cc2)C2CCCC2)cc1. The van der Waals surface area contributed by atoms with Gasteiger partial charge in [-0.15, -0.1) is 0 Å². The van der Waals surface area contributed by atoms with Crippen LogP contribution in [0.15, 0.2) is 133 Å². The smallest absolute Gasteiger partial charge is 0.0462 e. The molecular weight excluding hydrogens is 460 g/mol. The van der Waals surface area contributed by atoms with Crippen LogP contribution < -0.4 is 9.80 Å². The topological polar surface area (TPSA) is 6.48 Å². The lowest BCUT2D eigenvalue weighted by Gasteiger charge is -2.31. The maximum absolute atomic E-state index is 2.55. The zero-order chi connectivity index (χ0) is 25.7. The first-order chi connectivity index (χ1) is 18.8. The van der Waals surface area contributed by atoms with Gasteiger partial charge in [0, 0.05) is 34.5 Å². The molecule has 0 N–H and O–H groups in total. The Kier molecular flexibility index (Phi) is 6.95. The van der Waals surface area contributed by atoms with Crippen LogP contribution in [0, 0.1) is 6.92 Å². The number of hydrogen-bond donors (Lipinski definition) is 0. The molecule has 5 aromatic carbocycles. The van der Waals surface area contributed by atoms with E-state index in [1.807, 2.05) is 0 Å². The van der Waals surface area contributed by atoms with E-state index < -0.39 is 0 Å². The molecule has 0 saturated heterocycles. The quantitative estimate of drug-likeness (QED) is 0.222. The van der Waals surface area contributed by atoms with Crippen LogP contribution in [0.5, 0.6) is 0 Å². The molecule has 2 nitrogen and oxygen atoms in total. The van der Waals surface area contributed by atoms with E-state index in [1.165, 1.54) is 53.7 Å². The van der Waals surface area contributed by atoms with Crippen molar-refractivity contribution >= 4 is 28.4 Å². The summed E-state index contributed by atoms with van der Waals surface area (Å²) in [5.74, 6) is 0. The van der Waals surface area contributed by atoms with E-state index in [1.54, 1.807) is 0 Å². The molecule has 0 unspecified atom stereocenters. The third-order valence-corrected chi connectivity index (χ3v) is 7.64. The van der Waals surface area contributed by atoms with Crippen molar-refractivity contribution < 1.29 is 0 Å². The maximum Gasteiger partial charge on any atom is 0.0462 e. The summed E-state index contributed by atoms with van der Waals surface area (Å²) in [6, 6.07) is 48.7. The van der Waals surface area contributed by atoms with Crippen molar-refractivity contribution in [3.05, 3.63) is 139 Å². The van der Waals surface area contributed by atoms with Gasteiger partial charge in [0.25, 0.3) is 0 Å². The molecule has 0 radical (unpaired) electrons. The van der Waals surface area contributed by atoms with Crippen LogP contribution in [0.3, 0.4) is 0 Å². The number of nitrogens with zero attached hydrogens (tertiary/aromatic N) is 2. The Morgan fingerprint density at radius 1 is 0.447 bits per heavy atom. The Morgan fingerprint density at radius 3 is 1.32 bits per heavy atom. The summed E-state index contributed by atoms with van der Waals surface area (Å²) in [4.78, 5) is 4.85. The first kappa shape index (κ1) is 24.1. The van der Waals surface area contributed by atoms with Crippen molar-refractivity contribution in [2.45, 2.75) is 38.6 Å². The van der Waals surface area contributed by atoms with Crippen LogP contribution in [0.2, 0.25) is 0 Å². The molecule has 188 valence electrons. The van der Waals surface area contributed by atoms with Crippen molar-refractivity contribution in [2.75, 3.05) is 9.80 Å². The molecule has 0 aliphatic heterocycles. The van der Waals surface area contributed by atoms with Crippen molar-refractivity contribution in [1.29, 1.82) is 0 Å². The van der Waals surface area contributed by atoms with Gasteiger partial charge in [0.2, 0.25) is 0 Å². The molecule has 0 heterocycles. The average molecular weight is 495 g/mol. The molecule has 0 spiro atoms. The lowest BCUT2D eigenvalue weighted by atomic mass is 10.0. The fraction of sp³-hybridized carbons (Fsp3) is 0.167. The molecule has 5 aromatic rings. The van der Waals surface area contributed by atoms with Crippen molar-refractivity contribution in [2.24, 2.45) is 0 Å². The van der Waals surface area contributed by atoms with E-state index in [0.29, 0.717) is 6.04 Å². The number of aryl methyl sites for hydroxylation is 1. The Morgan fingerprint density at radius 2 is 0.842 bits per heavy atom. The van der Waals surface area contributed by atoms with Gasteiger partial charge in [0.05, 0.1) is 0 Å². The first-order valence-electron chi connectivity index (χ1n) is 13.7. The van der Waals surface area contributed by atoms with Gasteiger partial charge in [-0.2, -0.15) is 0 Å². The molecule has 1 aliphatic carbocycles. The minimum Gasteiger partial charge on any atom is -0.338 e. The summed E-state index contributed by atoms with van der Waals surface area (Å²) in [5.41, 5.74) is 9.79. The molecule has 0 bridgehead atoms. The molecule has 1 fully saturated rings. The fourth-order valence-corrected chi connectivity index (χ4v) is 5.66. The second-order valence-corrected chi connectivity index (χ2v) is 10.2. The van der Waals surface area contributed by atoms with Crippen molar-refractivity contribution in [3.63, 3.8) is 0 Å². The van der Waals surface area contributed by atoms with Crippen LogP contribution in [-0.4, -0.2) is 6.04 Å². The second-order valence-electron chi connectivity index (χ2n) is 10.2. The normalized spacial score (nSPS) is 13.4. The minimum absolute atomic E-state index is 0.574. The number of rotatable bonds is 7. The van der Waals surface area contributed by atoms with Crippen molar-refractivity contribution in [3.8, 4) is 11.1 Å². The predicted octanol–water partition coefficient (Wildman–Crippen LogP) is 10.2. The van der Waals surface area contributed by atoms with Gasteiger partial charge in [0.1, 0.15) is 0 Å². The zero-order valence-corrected chi connectivity index (χ0v) is 22.0. The van der Waals surface area contributed by atoms with Gasteiger partial charge >= 0.3 is 0 Å².